The molecule has 0 radical (unpaired) electrons. The highest BCUT2D eigenvalue weighted by atomic mass is 16.5. The molecule has 1 atom stereocenters. The summed E-state index contributed by atoms with van der Waals surface area (Å²) in [6, 6.07) is 0.634. The van der Waals surface area contributed by atoms with Crippen molar-refractivity contribution < 1.29 is 4.74 Å². The van der Waals surface area contributed by atoms with Crippen LogP contribution in [-0.2, 0) is 4.74 Å². The van der Waals surface area contributed by atoms with Crippen molar-refractivity contribution in [2.75, 3.05) is 40.4 Å². The van der Waals surface area contributed by atoms with E-state index in [-0.39, 0.29) is 0 Å². The maximum atomic E-state index is 5.36. The van der Waals surface area contributed by atoms with Crippen molar-refractivity contribution in [3.05, 3.63) is 0 Å². The fourth-order valence-electron chi connectivity index (χ4n) is 2.24. The van der Waals surface area contributed by atoms with Crippen LogP contribution in [0.1, 0.15) is 26.7 Å². The van der Waals surface area contributed by atoms with Crippen LogP contribution in [0.15, 0.2) is 0 Å². The third-order valence-electron chi connectivity index (χ3n) is 3.02. The van der Waals surface area contributed by atoms with Crippen LogP contribution in [0.25, 0.3) is 0 Å². The Kier molecular flexibility index (Phi) is 5.03. The molecule has 0 aromatic carbocycles. The molecule has 0 amide bonds. The van der Waals surface area contributed by atoms with Crippen LogP contribution in [0, 0.1) is 5.41 Å². The summed E-state index contributed by atoms with van der Waals surface area (Å²) in [6.07, 6.45) is 2.52. The molecular formula is C12H26N2O. The van der Waals surface area contributed by atoms with Crippen molar-refractivity contribution in [2.24, 2.45) is 5.41 Å². The molecular weight excluding hydrogens is 188 g/mol. The van der Waals surface area contributed by atoms with E-state index in [1.807, 2.05) is 0 Å². The second kappa shape index (κ2) is 5.83. The van der Waals surface area contributed by atoms with Gasteiger partial charge in [0.25, 0.3) is 0 Å². The molecule has 0 spiro atoms. The number of hydrogen-bond acceptors (Lipinski definition) is 3. The van der Waals surface area contributed by atoms with Gasteiger partial charge < -0.3 is 15.0 Å². The first-order valence-corrected chi connectivity index (χ1v) is 6.04. The molecule has 0 aromatic heterocycles. The monoisotopic (exact) mass is 214 g/mol. The van der Waals surface area contributed by atoms with Crippen LogP contribution in [0.3, 0.4) is 0 Å². The van der Waals surface area contributed by atoms with Gasteiger partial charge in [0.05, 0.1) is 13.2 Å². The van der Waals surface area contributed by atoms with E-state index >= 15 is 0 Å². The Hall–Kier alpha value is -0.120. The van der Waals surface area contributed by atoms with Gasteiger partial charge in [-0.1, -0.05) is 13.3 Å². The largest absolute Gasteiger partial charge is 0.380 e. The average Bonchev–Trinajstić information content (AvgIpc) is 2.09. The molecule has 0 saturated carbocycles. The minimum Gasteiger partial charge on any atom is -0.380 e. The Morgan fingerprint density at radius 1 is 1.40 bits per heavy atom. The van der Waals surface area contributed by atoms with Gasteiger partial charge >= 0.3 is 0 Å². The summed E-state index contributed by atoms with van der Waals surface area (Å²) in [5.74, 6) is 0. The number of ether oxygens (including phenoxy) is 1. The molecule has 1 unspecified atom stereocenters. The molecule has 1 heterocycles. The van der Waals surface area contributed by atoms with E-state index in [2.05, 4.69) is 38.2 Å². The van der Waals surface area contributed by atoms with E-state index in [1.165, 1.54) is 12.8 Å². The van der Waals surface area contributed by atoms with Gasteiger partial charge in [0.2, 0.25) is 0 Å². The minimum atomic E-state index is 0.367. The highest BCUT2D eigenvalue weighted by molar-refractivity contribution is 4.90. The zero-order valence-electron chi connectivity index (χ0n) is 10.7. The molecule has 0 aromatic rings. The fourth-order valence-corrected chi connectivity index (χ4v) is 2.24. The van der Waals surface area contributed by atoms with E-state index in [0.29, 0.717) is 11.5 Å². The van der Waals surface area contributed by atoms with E-state index in [1.54, 1.807) is 0 Å². The van der Waals surface area contributed by atoms with Gasteiger partial charge in [-0.05, 0) is 27.4 Å². The Labute approximate surface area is 94.2 Å². The van der Waals surface area contributed by atoms with Crippen molar-refractivity contribution in [1.29, 1.82) is 0 Å². The van der Waals surface area contributed by atoms with Gasteiger partial charge in [0.1, 0.15) is 0 Å². The lowest BCUT2D eigenvalue weighted by molar-refractivity contribution is -0.120. The summed E-state index contributed by atoms with van der Waals surface area (Å²) in [5, 5.41) is 3.62. The normalized spacial score (nSPS) is 21.4. The summed E-state index contributed by atoms with van der Waals surface area (Å²) in [5.41, 5.74) is 0.367. The van der Waals surface area contributed by atoms with Gasteiger partial charge in [0, 0.05) is 24.5 Å². The molecule has 1 aliphatic heterocycles. The molecule has 1 fully saturated rings. The Balaban J connectivity index is 2.27. The zero-order chi connectivity index (χ0) is 11.3. The van der Waals surface area contributed by atoms with Crippen molar-refractivity contribution in [1.82, 2.24) is 10.2 Å². The summed E-state index contributed by atoms with van der Waals surface area (Å²) in [6.45, 7) is 8.55. The number of hydrogen-bond donors (Lipinski definition) is 1. The Bertz CT molecular complexity index is 178. The number of rotatable bonds is 7. The minimum absolute atomic E-state index is 0.367. The van der Waals surface area contributed by atoms with Gasteiger partial charge in [-0.25, -0.2) is 0 Å². The van der Waals surface area contributed by atoms with Gasteiger partial charge in [0.15, 0.2) is 0 Å². The van der Waals surface area contributed by atoms with Crippen molar-refractivity contribution in [3.63, 3.8) is 0 Å². The fraction of sp³-hybridized carbons (Fsp3) is 1.00. The third-order valence-corrected chi connectivity index (χ3v) is 3.02. The second-order valence-corrected chi connectivity index (χ2v) is 5.30. The predicted octanol–water partition coefficient (Wildman–Crippen LogP) is 1.34. The second-order valence-electron chi connectivity index (χ2n) is 5.30. The molecule has 1 aliphatic rings. The highest BCUT2D eigenvalue weighted by Crippen LogP contribution is 2.27. The highest BCUT2D eigenvalue weighted by Gasteiger charge is 2.38. The first kappa shape index (κ1) is 12.9. The lowest BCUT2D eigenvalue weighted by Crippen LogP contribution is -2.56. The van der Waals surface area contributed by atoms with Gasteiger partial charge in [-0.2, -0.15) is 0 Å². The Morgan fingerprint density at radius 3 is 2.47 bits per heavy atom. The number of nitrogens with one attached hydrogen (secondary N) is 1. The molecule has 90 valence electrons. The number of nitrogens with zero attached hydrogens (tertiary/aromatic N) is 1. The predicted molar refractivity (Wildman–Crippen MR) is 64.2 cm³/mol. The molecule has 1 N–H and O–H groups in total. The van der Waals surface area contributed by atoms with Crippen LogP contribution >= 0.6 is 0 Å². The average molecular weight is 214 g/mol. The molecule has 0 aliphatic carbocycles. The van der Waals surface area contributed by atoms with Crippen LogP contribution in [-0.4, -0.2) is 51.3 Å². The summed E-state index contributed by atoms with van der Waals surface area (Å²) in [7, 11) is 4.27. The van der Waals surface area contributed by atoms with Crippen molar-refractivity contribution >= 4 is 0 Å². The summed E-state index contributed by atoms with van der Waals surface area (Å²) >= 11 is 0. The standard InChI is InChI=1S/C12H26N2O/c1-5-6-11(2)13-7-12(8-14(3)4)9-15-10-12/h11,13H,5-10H2,1-4H3. The smallest absolute Gasteiger partial charge is 0.0569 e. The quantitative estimate of drug-likeness (QED) is 0.692. The third kappa shape index (κ3) is 4.09. The molecule has 15 heavy (non-hydrogen) atoms. The van der Waals surface area contributed by atoms with Crippen molar-refractivity contribution in [2.45, 2.75) is 32.7 Å². The molecule has 1 rings (SSSR count). The lowest BCUT2D eigenvalue weighted by atomic mass is 9.85. The van der Waals surface area contributed by atoms with Crippen LogP contribution < -0.4 is 5.32 Å². The maximum absolute atomic E-state index is 5.36. The first-order valence-electron chi connectivity index (χ1n) is 6.04. The maximum Gasteiger partial charge on any atom is 0.0569 e. The SMILES string of the molecule is CCCC(C)NCC1(CN(C)C)COC1. The van der Waals surface area contributed by atoms with Gasteiger partial charge in [-0.15, -0.1) is 0 Å². The molecule has 0 bridgehead atoms. The van der Waals surface area contributed by atoms with Crippen LogP contribution in [0.5, 0.6) is 0 Å². The van der Waals surface area contributed by atoms with Crippen molar-refractivity contribution in [3.8, 4) is 0 Å². The first-order chi connectivity index (χ1) is 7.08. The molecule has 1 saturated heterocycles. The lowest BCUT2D eigenvalue weighted by Gasteiger charge is -2.44. The molecule has 3 nitrogen and oxygen atoms in total. The van der Waals surface area contributed by atoms with E-state index in [4.69, 9.17) is 4.74 Å². The summed E-state index contributed by atoms with van der Waals surface area (Å²) in [4.78, 5) is 2.26. The van der Waals surface area contributed by atoms with E-state index in [9.17, 15) is 0 Å². The Morgan fingerprint density at radius 2 is 2.07 bits per heavy atom. The van der Waals surface area contributed by atoms with E-state index < -0.39 is 0 Å². The summed E-state index contributed by atoms with van der Waals surface area (Å²) < 4.78 is 5.36. The van der Waals surface area contributed by atoms with Crippen LogP contribution in [0.2, 0.25) is 0 Å². The van der Waals surface area contributed by atoms with E-state index in [0.717, 1.165) is 26.3 Å². The topological polar surface area (TPSA) is 24.5 Å². The zero-order valence-corrected chi connectivity index (χ0v) is 10.7. The molecule has 3 heteroatoms. The van der Waals surface area contributed by atoms with Gasteiger partial charge in [-0.3, -0.25) is 0 Å². The van der Waals surface area contributed by atoms with Crippen LogP contribution in [0.4, 0.5) is 0 Å².